The third kappa shape index (κ3) is 2.57. The van der Waals surface area contributed by atoms with Crippen LogP contribution in [0.25, 0.3) is 0 Å². The van der Waals surface area contributed by atoms with E-state index >= 15 is 0 Å². The number of hydrogen-bond donors (Lipinski definition) is 1. The molecule has 0 aromatic heterocycles. The Kier molecular flexibility index (Phi) is 3.74. The molecule has 110 valence electrons. The number of hydrogen-bond acceptors (Lipinski definition) is 3. The summed E-state index contributed by atoms with van der Waals surface area (Å²) in [5, 5.41) is 0. The highest BCUT2D eigenvalue weighted by atomic mass is 16.5. The van der Waals surface area contributed by atoms with Gasteiger partial charge in [-0.15, -0.1) is 0 Å². The number of nitrogens with zero attached hydrogens (tertiary/aromatic N) is 1. The molecule has 0 saturated carbocycles. The average Bonchev–Trinajstić information content (AvgIpc) is 2.43. The van der Waals surface area contributed by atoms with Gasteiger partial charge in [-0.25, -0.2) is 0 Å². The van der Waals surface area contributed by atoms with Crippen LogP contribution in [-0.2, 0) is 0 Å². The summed E-state index contributed by atoms with van der Waals surface area (Å²) in [4.78, 5) is 2.55. The van der Waals surface area contributed by atoms with Gasteiger partial charge in [0.1, 0.15) is 11.4 Å². The third-order valence-electron chi connectivity index (χ3n) is 4.79. The Bertz CT molecular complexity index is 478. The van der Waals surface area contributed by atoms with Crippen molar-refractivity contribution in [2.75, 3.05) is 19.6 Å². The minimum Gasteiger partial charge on any atom is -0.487 e. The van der Waals surface area contributed by atoms with E-state index in [1.165, 1.54) is 24.1 Å². The van der Waals surface area contributed by atoms with Crippen LogP contribution >= 0.6 is 0 Å². The van der Waals surface area contributed by atoms with E-state index in [0.717, 1.165) is 38.1 Å². The van der Waals surface area contributed by atoms with E-state index < -0.39 is 0 Å². The first kappa shape index (κ1) is 13.9. The normalized spacial score (nSPS) is 25.2. The van der Waals surface area contributed by atoms with Crippen molar-refractivity contribution in [2.24, 2.45) is 5.73 Å². The molecule has 1 saturated heterocycles. The molecule has 3 nitrogen and oxygen atoms in total. The fourth-order valence-corrected chi connectivity index (χ4v) is 3.64. The van der Waals surface area contributed by atoms with E-state index in [-0.39, 0.29) is 11.6 Å². The van der Waals surface area contributed by atoms with Crippen molar-refractivity contribution in [1.82, 2.24) is 4.90 Å². The van der Waals surface area contributed by atoms with Gasteiger partial charge < -0.3 is 15.4 Å². The highest BCUT2D eigenvalue weighted by Crippen LogP contribution is 2.43. The first-order valence-electron chi connectivity index (χ1n) is 7.89. The lowest BCUT2D eigenvalue weighted by atomic mass is 9.80. The number of piperidine rings is 1. The van der Waals surface area contributed by atoms with Crippen molar-refractivity contribution in [1.29, 1.82) is 0 Å². The molecule has 2 aliphatic rings. The molecule has 2 aliphatic heterocycles. The van der Waals surface area contributed by atoms with Crippen molar-refractivity contribution in [3.05, 3.63) is 29.3 Å². The molecular formula is C17H26N2O. The van der Waals surface area contributed by atoms with Crippen molar-refractivity contribution >= 4 is 0 Å². The first-order chi connectivity index (χ1) is 9.62. The fourth-order valence-electron chi connectivity index (χ4n) is 3.64. The van der Waals surface area contributed by atoms with Crippen LogP contribution in [-0.4, -0.2) is 30.1 Å². The Labute approximate surface area is 122 Å². The van der Waals surface area contributed by atoms with Crippen LogP contribution in [0.5, 0.6) is 5.75 Å². The fraction of sp³-hybridized carbons (Fsp3) is 0.647. The summed E-state index contributed by atoms with van der Waals surface area (Å²) in [6.45, 7) is 7.85. The van der Waals surface area contributed by atoms with Gasteiger partial charge in [-0.1, -0.05) is 24.6 Å². The van der Waals surface area contributed by atoms with Crippen LogP contribution in [0.1, 0.15) is 49.8 Å². The van der Waals surface area contributed by atoms with E-state index in [9.17, 15) is 0 Å². The van der Waals surface area contributed by atoms with E-state index in [4.69, 9.17) is 10.5 Å². The predicted molar refractivity (Wildman–Crippen MR) is 82.0 cm³/mol. The summed E-state index contributed by atoms with van der Waals surface area (Å²) < 4.78 is 6.41. The summed E-state index contributed by atoms with van der Waals surface area (Å²) in [6.07, 6.45) is 4.40. The quantitative estimate of drug-likeness (QED) is 0.901. The Balaban J connectivity index is 1.76. The predicted octanol–water partition coefficient (Wildman–Crippen LogP) is 3.02. The van der Waals surface area contributed by atoms with Crippen molar-refractivity contribution < 1.29 is 4.74 Å². The number of ether oxygens (including phenoxy) is 1. The third-order valence-corrected chi connectivity index (χ3v) is 4.79. The van der Waals surface area contributed by atoms with Crippen LogP contribution in [0.15, 0.2) is 18.2 Å². The molecule has 2 heterocycles. The summed E-state index contributed by atoms with van der Waals surface area (Å²) in [5.74, 6) is 1.01. The summed E-state index contributed by atoms with van der Waals surface area (Å²) in [5.41, 5.74) is 8.85. The number of likely N-dealkylation sites (tertiary alicyclic amines) is 1. The van der Waals surface area contributed by atoms with Gasteiger partial charge in [0.25, 0.3) is 0 Å². The molecule has 1 aromatic rings. The Hall–Kier alpha value is -1.06. The minimum atomic E-state index is -0.0219. The lowest BCUT2D eigenvalue weighted by Crippen LogP contribution is -2.51. The van der Waals surface area contributed by atoms with Gasteiger partial charge in [-0.05, 0) is 38.8 Å². The molecule has 1 fully saturated rings. The molecule has 1 spiro atoms. The van der Waals surface area contributed by atoms with E-state index in [0.29, 0.717) is 0 Å². The molecule has 3 heteroatoms. The van der Waals surface area contributed by atoms with Crippen LogP contribution in [0, 0.1) is 6.92 Å². The maximum Gasteiger partial charge on any atom is 0.124 e. The SMILES string of the molecule is CCCN1CCC2(CC1)CC(N)c1cc(C)ccc1O2. The van der Waals surface area contributed by atoms with Crippen molar-refractivity contribution in [3.8, 4) is 5.75 Å². The highest BCUT2D eigenvalue weighted by Gasteiger charge is 2.42. The zero-order valence-electron chi connectivity index (χ0n) is 12.7. The molecule has 0 amide bonds. The van der Waals surface area contributed by atoms with Crippen LogP contribution < -0.4 is 10.5 Å². The molecule has 0 aliphatic carbocycles. The first-order valence-corrected chi connectivity index (χ1v) is 7.89. The summed E-state index contributed by atoms with van der Waals surface area (Å²) >= 11 is 0. The van der Waals surface area contributed by atoms with E-state index in [1.807, 2.05) is 0 Å². The molecule has 3 rings (SSSR count). The van der Waals surface area contributed by atoms with Gasteiger partial charge in [-0.3, -0.25) is 0 Å². The molecular weight excluding hydrogens is 248 g/mol. The second-order valence-electron chi connectivity index (χ2n) is 6.48. The maximum atomic E-state index is 6.42. The lowest BCUT2D eigenvalue weighted by molar-refractivity contribution is -0.0216. The molecule has 2 N–H and O–H groups in total. The van der Waals surface area contributed by atoms with E-state index in [1.54, 1.807) is 0 Å². The average molecular weight is 274 g/mol. The van der Waals surface area contributed by atoms with Crippen LogP contribution in [0.3, 0.4) is 0 Å². The van der Waals surface area contributed by atoms with Gasteiger partial charge >= 0.3 is 0 Å². The van der Waals surface area contributed by atoms with Crippen LogP contribution in [0.4, 0.5) is 0 Å². The Morgan fingerprint density at radius 2 is 2.10 bits per heavy atom. The zero-order chi connectivity index (χ0) is 14.2. The van der Waals surface area contributed by atoms with E-state index in [2.05, 4.69) is 36.9 Å². The van der Waals surface area contributed by atoms with Gasteiger partial charge in [-0.2, -0.15) is 0 Å². The molecule has 0 bridgehead atoms. The molecule has 1 unspecified atom stereocenters. The molecule has 1 atom stereocenters. The molecule has 1 aromatic carbocycles. The number of aryl methyl sites for hydroxylation is 1. The minimum absolute atomic E-state index is 0.0219. The largest absolute Gasteiger partial charge is 0.487 e. The maximum absolute atomic E-state index is 6.42. The lowest BCUT2D eigenvalue weighted by Gasteiger charge is -2.46. The topological polar surface area (TPSA) is 38.5 Å². The summed E-state index contributed by atoms with van der Waals surface area (Å²) in [6, 6.07) is 6.52. The monoisotopic (exact) mass is 274 g/mol. The molecule has 0 radical (unpaired) electrons. The molecule has 20 heavy (non-hydrogen) atoms. The standard InChI is InChI=1S/C17H26N2O/c1-3-8-19-9-6-17(7-10-19)12-15(18)14-11-13(2)4-5-16(14)20-17/h4-5,11,15H,3,6-10,12,18H2,1-2H3. The van der Waals surface area contributed by atoms with Crippen LogP contribution in [0.2, 0.25) is 0 Å². The smallest absolute Gasteiger partial charge is 0.124 e. The highest BCUT2D eigenvalue weighted by molar-refractivity contribution is 5.41. The van der Waals surface area contributed by atoms with Gasteiger partial charge in [0.2, 0.25) is 0 Å². The number of fused-ring (bicyclic) bond motifs is 1. The van der Waals surface area contributed by atoms with Gasteiger partial charge in [0.15, 0.2) is 0 Å². The van der Waals surface area contributed by atoms with Gasteiger partial charge in [0.05, 0.1) is 0 Å². The number of nitrogens with two attached hydrogens (primary N) is 1. The summed E-state index contributed by atoms with van der Waals surface area (Å²) in [7, 11) is 0. The second-order valence-corrected chi connectivity index (χ2v) is 6.48. The van der Waals surface area contributed by atoms with Gasteiger partial charge in [0, 0.05) is 31.1 Å². The number of benzene rings is 1. The van der Waals surface area contributed by atoms with Crippen molar-refractivity contribution in [3.63, 3.8) is 0 Å². The Morgan fingerprint density at radius 1 is 1.35 bits per heavy atom. The Morgan fingerprint density at radius 3 is 2.80 bits per heavy atom. The number of rotatable bonds is 2. The van der Waals surface area contributed by atoms with Crippen molar-refractivity contribution in [2.45, 2.75) is 51.2 Å². The zero-order valence-corrected chi connectivity index (χ0v) is 12.7. The second kappa shape index (κ2) is 5.38.